The third-order valence-electron chi connectivity index (χ3n) is 4.82. The lowest BCUT2D eigenvalue weighted by molar-refractivity contribution is -0.137. The molecule has 10 heteroatoms. The summed E-state index contributed by atoms with van der Waals surface area (Å²) in [7, 11) is 1.47. The Bertz CT molecular complexity index is 1080. The number of fused-ring (bicyclic) bond motifs is 1. The highest BCUT2D eigenvalue weighted by Crippen LogP contribution is 2.35. The largest absolute Gasteiger partial charge is 0.478 e. The number of alkyl halides is 3. The van der Waals surface area contributed by atoms with Gasteiger partial charge < -0.3 is 14.7 Å². The molecule has 0 aromatic heterocycles. The second-order valence-corrected chi connectivity index (χ2v) is 6.93. The Kier molecular flexibility index (Phi) is 6.64. The predicted molar refractivity (Wildman–Crippen MR) is 110 cm³/mol. The first-order chi connectivity index (χ1) is 15.1. The standard InChI is InChI=1S/C22H19F3N2O5/c1-32-10-9-26-17-7-6-15(21(30)31)12-18(17)27(13-20(26)29)19(28)8-5-14-3-2-4-16(11-14)22(23,24)25/h2-8,11-12H,9-10,13H2,1H3,(H,30,31)/b8-5+. The highest BCUT2D eigenvalue weighted by Gasteiger charge is 2.33. The van der Waals surface area contributed by atoms with Crippen LogP contribution in [0.4, 0.5) is 24.5 Å². The SMILES string of the molecule is COCCN1C(=O)CN(C(=O)/C=C/c2cccc(C(F)(F)F)c2)c2cc(C(=O)O)ccc21. The van der Waals surface area contributed by atoms with Gasteiger partial charge in [0.05, 0.1) is 29.1 Å². The number of carboxylic acid groups (broad SMARTS) is 1. The molecule has 0 saturated carbocycles. The van der Waals surface area contributed by atoms with Crippen molar-refractivity contribution in [2.45, 2.75) is 6.18 Å². The van der Waals surface area contributed by atoms with Crippen LogP contribution in [-0.4, -0.2) is 49.7 Å². The molecule has 3 rings (SSSR count). The van der Waals surface area contributed by atoms with E-state index in [0.717, 1.165) is 23.1 Å². The Labute approximate surface area is 181 Å². The third kappa shape index (κ3) is 4.97. The van der Waals surface area contributed by atoms with Gasteiger partial charge in [0.15, 0.2) is 0 Å². The fourth-order valence-electron chi connectivity index (χ4n) is 3.24. The molecule has 1 N–H and O–H groups in total. The van der Waals surface area contributed by atoms with Gasteiger partial charge in [-0.1, -0.05) is 12.1 Å². The van der Waals surface area contributed by atoms with Crippen molar-refractivity contribution < 1.29 is 37.4 Å². The summed E-state index contributed by atoms with van der Waals surface area (Å²) in [5.74, 6) is -2.29. The number of aromatic carboxylic acids is 1. The number of carboxylic acids is 1. The lowest BCUT2D eigenvalue weighted by Crippen LogP contribution is -2.48. The van der Waals surface area contributed by atoms with E-state index in [1.807, 2.05) is 0 Å². The summed E-state index contributed by atoms with van der Waals surface area (Å²) in [5, 5.41) is 9.30. The Hall–Kier alpha value is -3.66. The third-order valence-corrected chi connectivity index (χ3v) is 4.82. The maximum atomic E-state index is 12.9. The molecule has 2 aromatic carbocycles. The van der Waals surface area contributed by atoms with Gasteiger partial charge in [-0.2, -0.15) is 13.2 Å². The normalized spacial score (nSPS) is 14.1. The number of benzene rings is 2. The van der Waals surface area contributed by atoms with E-state index in [4.69, 9.17) is 4.74 Å². The molecule has 0 aliphatic carbocycles. The van der Waals surface area contributed by atoms with Crippen LogP contribution in [0.2, 0.25) is 0 Å². The van der Waals surface area contributed by atoms with Gasteiger partial charge in [-0.25, -0.2) is 4.79 Å². The fraction of sp³-hybridized carbons (Fsp3) is 0.227. The summed E-state index contributed by atoms with van der Waals surface area (Å²) in [4.78, 5) is 39.4. The van der Waals surface area contributed by atoms with Crippen molar-refractivity contribution in [3.8, 4) is 0 Å². The summed E-state index contributed by atoms with van der Waals surface area (Å²) < 4.78 is 43.7. The number of ether oxygens (including phenoxy) is 1. The Morgan fingerprint density at radius 3 is 2.56 bits per heavy atom. The number of halogens is 3. The number of anilines is 2. The van der Waals surface area contributed by atoms with E-state index < -0.39 is 29.5 Å². The van der Waals surface area contributed by atoms with Crippen molar-refractivity contribution in [3.63, 3.8) is 0 Å². The highest BCUT2D eigenvalue weighted by atomic mass is 19.4. The summed E-state index contributed by atoms with van der Waals surface area (Å²) in [6, 6.07) is 8.47. The minimum Gasteiger partial charge on any atom is -0.478 e. The molecular formula is C22H19F3N2O5. The number of nitrogens with zero attached hydrogens (tertiary/aromatic N) is 2. The first-order valence-electron chi connectivity index (χ1n) is 9.45. The van der Waals surface area contributed by atoms with E-state index in [9.17, 15) is 32.7 Å². The molecule has 0 saturated heterocycles. The number of hydrogen-bond donors (Lipinski definition) is 1. The molecular weight excluding hydrogens is 429 g/mol. The molecule has 0 bridgehead atoms. The fourth-order valence-corrected chi connectivity index (χ4v) is 3.24. The second-order valence-electron chi connectivity index (χ2n) is 6.93. The Morgan fingerprint density at radius 1 is 1.16 bits per heavy atom. The minimum atomic E-state index is -4.52. The molecule has 0 spiro atoms. The quantitative estimate of drug-likeness (QED) is 0.685. The van der Waals surface area contributed by atoms with E-state index in [2.05, 4.69) is 0 Å². The van der Waals surface area contributed by atoms with E-state index in [1.165, 1.54) is 48.4 Å². The van der Waals surface area contributed by atoms with Crippen molar-refractivity contribution in [2.75, 3.05) is 36.6 Å². The molecule has 0 atom stereocenters. The molecule has 2 amide bonds. The number of hydrogen-bond acceptors (Lipinski definition) is 4. The highest BCUT2D eigenvalue weighted by molar-refractivity contribution is 6.15. The van der Waals surface area contributed by atoms with Gasteiger partial charge in [0.25, 0.3) is 5.91 Å². The number of amides is 2. The predicted octanol–water partition coefficient (Wildman–Crippen LogP) is 3.44. The van der Waals surface area contributed by atoms with E-state index in [-0.39, 0.29) is 36.5 Å². The van der Waals surface area contributed by atoms with Crippen molar-refractivity contribution in [2.24, 2.45) is 0 Å². The first-order valence-corrected chi connectivity index (χ1v) is 9.45. The molecule has 7 nitrogen and oxygen atoms in total. The molecule has 1 aliphatic heterocycles. The average Bonchev–Trinajstić information content (AvgIpc) is 2.75. The minimum absolute atomic E-state index is 0.0792. The van der Waals surface area contributed by atoms with Crippen LogP contribution in [0.15, 0.2) is 48.5 Å². The monoisotopic (exact) mass is 448 g/mol. The van der Waals surface area contributed by atoms with Gasteiger partial charge in [0.2, 0.25) is 5.91 Å². The molecule has 168 valence electrons. The number of carbonyl (C=O) groups excluding carboxylic acids is 2. The topological polar surface area (TPSA) is 87.2 Å². The Balaban J connectivity index is 1.94. The van der Waals surface area contributed by atoms with Crippen LogP contribution in [0.5, 0.6) is 0 Å². The molecule has 1 heterocycles. The molecule has 0 unspecified atom stereocenters. The van der Waals surface area contributed by atoms with E-state index in [1.54, 1.807) is 0 Å². The van der Waals surface area contributed by atoms with Crippen LogP contribution in [-0.2, 0) is 20.5 Å². The lowest BCUT2D eigenvalue weighted by Gasteiger charge is -2.35. The van der Waals surface area contributed by atoms with Crippen LogP contribution in [0.1, 0.15) is 21.5 Å². The molecule has 1 aliphatic rings. The smallest absolute Gasteiger partial charge is 0.416 e. The van der Waals surface area contributed by atoms with Crippen LogP contribution in [0.25, 0.3) is 6.08 Å². The maximum absolute atomic E-state index is 12.9. The average molecular weight is 448 g/mol. The second kappa shape index (κ2) is 9.23. The van der Waals surface area contributed by atoms with Crippen molar-refractivity contribution in [1.82, 2.24) is 0 Å². The summed E-state index contributed by atoms with van der Waals surface area (Å²) in [6.07, 6.45) is -2.27. The van der Waals surface area contributed by atoms with Gasteiger partial charge in [0, 0.05) is 19.7 Å². The van der Waals surface area contributed by atoms with E-state index in [0.29, 0.717) is 5.69 Å². The zero-order valence-electron chi connectivity index (χ0n) is 16.9. The van der Waals surface area contributed by atoms with Crippen molar-refractivity contribution >= 4 is 35.2 Å². The van der Waals surface area contributed by atoms with Crippen molar-refractivity contribution in [1.29, 1.82) is 0 Å². The van der Waals surface area contributed by atoms with Gasteiger partial charge in [0.1, 0.15) is 6.54 Å². The molecule has 32 heavy (non-hydrogen) atoms. The summed E-state index contributed by atoms with van der Waals surface area (Å²) in [5.41, 5.74) is -0.240. The zero-order chi connectivity index (χ0) is 23.5. The molecule has 0 fully saturated rings. The van der Waals surface area contributed by atoms with Gasteiger partial charge in [-0.3, -0.25) is 14.5 Å². The first kappa shape index (κ1) is 23.0. The number of rotatable bonds is 6. The van der Waals surface area contributed by atoms with E-state index >= 15 is 0 Å². The van der Waals surface area contributed by atoms with Crippen LogP contribution >= 0.6 is 0 Å². The van der Waals surface area contributed by atoms with Crippen molar-refractivity contribution in [3.05, 3.63) is 65.2 Å². The lowest BCUT2D eigenvalue weighted by atomic mass is 10.1. The molecule has 0 radical (unpaired) electrons. The van der Waals surface area contributed by atoms with Crippen LogP contribution in [0, 0.1) is 0 Å². The Morgan fingerprint density at radius 2 is 1.91 bits per heavy atom. The number of methoxy groups -OCH3 is 1. The van der Waals surface area contributed by atoms with Gasteiger partial charge in [-0.15, -0.1) is 0 Å². The molecule has 2 aromatic rings. The van der Waals surface area contributed by atoms with Gasteiger partial charge >= 0.3 is 12.1 Å². The van der Waals surface area contributed by atoms with Crippen LogP contribution in [0.3, 0.4) is 0 Å². The van der Waals surface area contributed by atoms with Crippen LogP contribution < -0.4 is 9.80 Å². The number of carbonyl (C=O) groups is 3. The summed E-state index contributed by atoms with van der Waals surface area (Å²) in [6.45, 7) is 0.0810. The summed E-state index contributed by atoms with van der Waals surface area (Å²) >= 11 is 0. The zero-order valence-corrected chi connectivity index (χ0v) is 16.9. The maximum Gasteiger partial charge on any atom is 0.416 e. The van der Waals surface area contributed by atoms with Gasteiger partial charge in [-0.05, 0) is 42.0 Å².